The molecule has 1 aliphatic rings. The molecule has 0 aromatic heterocycles. The summed E-state index contributed by atoms with van der Waals surface area (Å²) in [7, 11) is 0. The van der Waals surface area contributed by atoms with E-state index >= 15 is 0 Å². The minimum absolute atomic E-state index is 0.297. The highest BCUT2D eigenvalue weighted by atomic mass is 16.4. The Morgan fingerprint density at radius 1 is 1.03 bits per heavy atom. The number of aryl methyl sites for hydroxylation is 2. The summed E-state index contributed by atoms with van der Waals surface area (Å²) in [5, 5.41) is 19.1. The maximum atomic E-state index is 11.3. The quantitative estimate of drug-likeness (QED) is 0.448. The van der Waals surface area contributed by atoms with Crippen LogP contribution in [-0.2, 0) is 11.3 Å². The van der Waals surface area contributed by atoms with E-state index in [0.29, 0.717) is 24.2 Å². The molecule has 34 heavy (non-hydrogen) atoms. The number of hydrogen-bond acceptors (Lipinski definition) is 3. The summed E-state index contributed by atoms with van der Waals surface area (Å²) in [5.74, 6) is -0.914. The lowest BCUT2D eigenvalue weighted by molar-refractivity contribution is -0.132. The molecule has 0 amide bonds. The lowest BCUT2D eigenvalue weighted by atomic mass is 9.94. The van der Waals surface area contributed by atoms with Gasteiger partial charge in [-0.25, -0.2) is 4.79 Å². The Balaban J connectivity index is 1.59. The van der Waals surface area contributed by atoms with E-state index in [-0.39, 0.29) is 0 Å². The second kappa shape index (κ2) is 10.1. The van der Waals surface area contributed by atoms with Crippen LogP contribution in [0.4, 0.5) is 0 Å². The number of hydrogen-bond donors (Lipinski definition) is 1. The standard InChI is InChI=1S/C30H26N2O2/c1-21-17-27(20-32-15-7-11-26(19-32)30(33)34)22(2)16-25(21)14-13-24-10-6-12-28(29(24)18-31)23-8-4-3-5-9-23/h3-14,16-17,19H,15,20H2,1-2H3,(H,33,34)/b14-13+. The van der Waals surface area contributed by atoms with Crippen LogP contribution in [0.2, 0.25) is 0 Å². The zero-order chi connectivity index (χ0) is 24.1. The van der Waals surface area contributed by atoms with Crippen molar-refractivity contribution in [3.05, 3.63) is 118 Å². The third kappa shape index (κ3) is 5.00. The minimum atomic E-state index is -0.914. The van der Waals surface area contributed by atoms with Crippen molar-refractivity contribution in [2.45, 2.75) is 20.4 Å². The maximum absolute atomic E-state index is 11.3. The van der Waals surface area contributed by atoms with Crippen LogP contribution in [0.3, 0.4) is 0 Å². The molecule has 0 unspecified atom stereocenters. The second-order valence-corrected chi connectivity index (χ2v) is 8.44. The van der Waals surface area contributed by atoms with Gasteiger partial charge in [0.1, 0.15) is 6.07 Å². The van der Waals surface area contributed by atoms with E-state index < -0.39 is 5.97 Å². The monoisotopic (exact) mass is 446 g/mol. The summed E-state index contributed by atoms with van der Waals surface area (Å²) in [6.45, 7) is 5.48. The lowest BCUT2D eigenvalue weighted by Gasteiger charge is -2.23. The molecule has 3 aromatic carbocycles. The first-order valence-corrected chi connectivity index (χ1v) is 11.2. The average Bonchev–Trinajstić information content (AvgIpc) is 2.85. The highest BCUT2D eigenvalue weighted by Gasteiger charge is 2.13. The number of aliphatic carboxylic acids is 1. The van der Waals surface area contributed by atoms with Crippen molar-refractivity contribution in [3.8, 4) is 17.2 Å². The fourth-order valence-corrected chi connectivity index (χ4v) is 4.18. The van der Waals surface area contributed by atoms with Gasteiger partial charge in [-0.3, -0.25) is 0 Å². The number of carbonyl (C=O) groups is 1. The van der Waals surface area contributed by atoms with E-state index in [9.17, 15) is 15.2 Å². The molecule has 0 saturated carbocycles. The van der Waals surface area contributed by atoms with Crippen LogP contribution in [0, 0.1) is 25.2 Å². The number of nitrogens with zero attached hydrogens (tertiary/aromatic N) is 2. The molecule has 1 N–H and O–H groups in total. The van der Waals surface area contributed by atoms with E-state index in [0.717, 1.165) is 38.9 Å². The Labute approximate surface area is 200 Å². The summed E-state index contributed by atoms with van der Waals surface area (Å²) < 4.78 is 0. The molecule has 0 bridgehead atoms. The molecule has 0 spiro atoms. The van der Waals surface area contributed by atoms with E-state index in [1.807, 2.05) is 65.6 Å². The highest BCUT2D eigenvalue weighted by molar-refractivity contribution is 5.90. The number of carboxylic acids is 1. The van der Waals surface area contributed by atoms with Crippen molar-refractivity contribution < 1.29 is 9.90 Å². The Kier molecular flexibility index (Phi) is 6.75. The second-order valence-electron chi connectivity index (χ2n) is 8.44. The fraction of sp³-hybridized carbons (Fsp3) is 0.133. The zero-order valence-corrected chi connectivity index (χ0v) is 19.3. The van der Waals surface area contributed by atoms with Crippen LogP contribution >= 0.6 is 0 Å². The van der Waals surface area contributed by atoms with Crippen molar-refractivity contribution in [1.82, 2.24) is 4.90 Å². The number of benzene rings is 3. The highest BCUT2D eigenvalue weighted by Crippen LogP contribution is 2.28. The summed E-state index contributed by atoms with van der Waals surface area (Å²) in [6.07, 6.45) is 9.28. The Morgan fingerprint density at radius 2 is 1.79 bits per heavy atom. The van der Waals surface area contributed by atoms with Crippen molar-refractivity contribution >= 4 is 18.1 Å². The normalized spacial score (nSPS) is 13.1. The molecule has 0 fully saturated rings. The molecule has 4 heteroatoms. The molecule has 1 heterocycles. The van der Waals surface area contributed by atoms with Gasteiger partial charge >= 0.3 is 5.97 Å². The van der Waals surface area contributed by atoms with Crippen LogP contribution in [0.15, 0.2) is 84.6 Å². The number of nitriles is 1. The molecule has 0 radical (unpaired) electrons. The van der Waals surface area contributed by atoms with Gasteiger partial charge in [0, 0.05) is 24.9 Å². The molecule has 4 nitrogen and oxygen atoms in total. The predicted molar refractivity (Wildman–Crippen MR) is 137 cm³/mol. The van der Waals surface area contributed by atoms with Crippen molar-refractivity contribution in [1.29, 1.82) is 5.26 Å². The van der Waals surface area contributed by atoms with Gasteiger partial charge in [0.15, 0.2) is 0 Å². The number of rotatable bonds is 6. The topological polar surface area (TPSA) is 64.3 Å². The van der Waals surface area contributed by atoms with Gasteiger partial charge in [0.25, 0.3) is 0 Å². The van der Waals surface area contributed by atoms with Gasteiger partial charge in [-0.15, -0.1) is 0 Å². The lowest BCUT2D eigenvalue weighted by Crippen LogP contribution is -2.22. The SMILES string of the molecule is Cc1cc(CN2C=C(C(=O)O)C=CC2)c(C)cc1/C=C/c1cccc(-c2ccccc2)c1C#N. The first kappa shape index (κ1) is 22.8. The molecule has 0 aliphatic carbocycles. The van der Waals surface area contributed by atoms with Crippen LogP contribution < -0.4 is 0 Å². The smallest absolute Gasteiger partial charge is 0.337 e. The fourth-order valence-electron chi connectivity index (χ4n) is 4.18. The van der Waals surface area contributed by atoms with Crippen molar-refractivity contribution in [2.75, 3.05) is 6.54 Å². The van der Waals surface area contributed by atoms with Gasteiger partial charge < -0.3 is 10.0 Å². The maximum Gasteiger partial charge on any atom is 0.337 e. The molecule has 1 aliphatic heterocycles. The first-order chi connectivity index (χ1) is 16.5. The summed E-state index contributed by atoms with van der Waals surface area (Å²) in [4.78, 5) is 13.3. The predicted octanol–water partition coefficient (Wildman–Crippen LogP) is 6.35. The van der Waals surface area contributed by atoms with Gasteiger partial charge in [0.2, 0.25) is 0 Å². The van der Waals surface area contributed by atoms with Crippen LogP contribution in [0.1, 0.15) is 33.4 Å². The van der Waals surface area contributed by atoms with E-state index in [4.69, 9.17) is 0 Å². The Morgan fingerprint density at radius 3 is 2.53 bits per heavy atom. The third-order valence-corrected chi connectivity index (χ3v) is 6.04. The van der Waals surface area contributed by atoms with Crippen LogP contribution in [-0.4, -0.2) is 22.5 Å². The van der Waals surface area contributed by atoms with Gasteiger partial charge in [-0.1, -0.05) is 78.9 Å². The molecular formula is C30H26N2O2. The van der Waals surface area contributed by atoms with E-state index in [2.05, 4.69) is 38.1 Å². The summed E-state index contributed by atoms with van der Waals surface area (Å²) in [5.41, 5.74) is 8.33. The van der Waals surface area contributed by atoms with Crippen molar-refractivity contribution in [2.24, 2.45) is 0 Å². The Bertz CT molecular complexity index is 1360. The summed E-state index contributed by atoms with van der Waals surface area (Å²) in [6, 6.07) is 22.6. The summed E-state index contributed by atoms with van der Waals surface area (Å²) >= 11 is 0. The van der Waals surface area contributed by atoms with Gasteiger partial charge in [-0.2, -0.15) is 5.26 Å². The molecule has 0 atom stereocenters. The van der Waals surface area contributed by atoms with Crippen LogP contribution in [0.25, 0.3) is 23.3 Å². The Hall–Kier alpha value is -4.36. The van der Waals surface area contributed by atoms with E-state index in [1.165, 1.54) is 0 Å². The van der Waals surface area contributed by atoms with Crippen molar-refractivity contribution in [3.63, 3.8) is 0 Å². The largest absolute Gasteiger partial charge is 0.478 e. The van der Waals surface area contributed by atoms with E-state index in [1.54, 1.807) is 12.3 Å². The molecule has 0 saturated heterocycles. The third-order valence-electron chi connectivity index (χ3n) is 6.04. The minimum Gasteiger partial charge on any atom is -0.478 e. The average molecular weight is 447 g/mol. The molecule has 3 aromatic rings. The number of carboxylic acid groups (broad SMARTS) is 1. The molecule has 168 valence electrons. The molecular weight excluding hydrogens is 420 g/mol. The zero-order valence-electron chi connectivity index (χ0n) is 19.3. The first-order valence-electron chi connectivity index (χ1n) is 11.2. The molecule has 4 rings (SSSR count). The van der Waals surface area contributed by atoms with Gasteiger partial charge in [0.05, 0.1) is 11.1 Å². The van der Waals surface area contributed by atoms with Gasteiger partial charge in [-0.05, 0) is 53.3 Å². The van der Waals surface area contributed by atoms with Crippen LogP contribution in [0.5, 0.6) is 0 Å².